The highest BCUT2D eigenvalue weighted by atomic mass is 16.2. The molecule has 4 aromatic rings. The number of likely N-dealkylation sites (tertiary alicyclic amines) is 1. The number of hydrogen-bond acceptors (Lipinski definition) is 5. The van der Waals surface area contributed by atoms with Crippen LogP contribution >= 0.6 is 0 Å². The molecule has 3 aromatic heterocycles. The molecule has 0 spiro atoms. The Bertz CT molecular complexity index is 1510. The Balaban J connectivity index is 1.27. The molecular weight excluding hydrogens is 488 g/mol. The zero-order chi connectivity index (χ0) is 27.5. The minimum Gasteiger partial charge on any atom is -0.388 e. The van der Waals surface area contributed by atoms with Gasteiger partial charge < -0.3 is 14.8 Å². The third kappa shape index (κ3) is 5.34. The van der Waals surface area contributed by atoms with E-state index in [0.29, 0.717) is 5.92 Å². The molecule has 5 rings (SSSR count). The van der Waals surface area contributed by atoms with Crippen LogP contribution in [-0.2, 0) is 13.6 Å². The third-order valence-electron chi connectivity index (χ3n) is 8.13. The van der Waals surface area contributed by atoms with Gasteiger partial charge in [-0.3, -0.25) is 19.1 Å². The molecule has 0 unspecified atom stereocenters. The Kier molecular flexibility index (Phi) is 7.84. The van der Waals surface area contributed by atoms with E-state index in [1.54, 1.807) is 16.8 Å². The minimum absolute atomic E-state index is 0.0766. The summed E-state index contributed by atoms with van der Waals surface area (Å²) in [5.74, 6) is 0.612. The maximum absolute atomic E-state index is 12.8. The van der Waals surface area contributed by atoms with E-state index in [9.17, 15) is 9.59 Å². The van der Waals surface area contributed by atoms with Crippen molar-refractivity contribution in [1.82, 2.24) is 23.9 Å². The Morgan fingerprint density at radius 3 is 2.41 bits per heavy atom. The van der Waals surface area contributed by atoms with Crippen molar-refractivity contribution in [3.8, 4) is 5.69 Å². The first-order chi connectivity index (χ1) is 18.9. The molecule has 1 aliphatic rings. The lowest BCUT2D eigenvalue weighted by molar-refractivity contribution is 0.0773. The lowest BCUT2D eigenvalue weighted by atomic mass is 9.89. The van der Waals surface area contributed by atoms with Crippen LogP contribution in [0, 0.1) is 0 Å². The number of benzene rings is 1. The summed E-state index contributed by atoms with van der Waals surface area (Å²) in [5, 5.41) is 4.00. The van der Waals surface area contributed by atoms with Crippen LogP contribution in [0.5, 0.6) is 0 Å². The first kappa shape index (κ1) is 26.7. The van der Waals surface area contributed by atoms with Crippen molar-refractivity contribution in [2.75, 3.05) is 38.5 Å². The smallest absolute Gasteiger partial charge is 0.257 e. The molecule has 1 saturated heterocycles. The summed E-state index contributed by atoms with van der Waals surface area (Å²) in [4.78, 5) is 34.4. The maximum Gasteiger partial charge on any atom is 0.257 e. The van der Waals surface area contributed by atoms with Crippen LogP contribution in [0.3, 0.4) is 0 Å². The molecule has 1 amide bonds. The molecule has 0 bridgehead atoms. The van der Waals surface area contributed by atoms with Crippen LogP contribution in [0.2, 0.25) is 0 Å². The number of carbonyl (C=O) groups excluding carboxylic acids is 1. The van der Waals surface area contributed by atoms with Crippen LogP contribution in [0.1, 0.15) is 54.2 Å². The molecule has 1 aromatic carbocycles. The molecule has 1 N–H and O–H groups in total. The summed E-state index contributed by atoms with van der Waals surface area (Å²) in [7, 11) is 3.86. The van der Waals surface area contributed by atoms with Crippen molar-refractivity contribution in [3.05, 3.63) is 88.1 Å². The average Bonchev–Trinajstić information content (AvgIpc) is 3.29. The second kappa shape index (κ2) is 11.5. The molecular formula is C31H38N6O2. The number of fused-ring (bicyclic) bond motifs is 1. The number of aryl methyl sites for hydroxylation is 1. The van der Waals surface area contributed by atoms with E-state index in [1.165, 1.54) is 11.3 Å². The number of nitrogens with zero attached hydrogens (tertiary/aromatic N) is 5. The predicted molar refractivity (Wildman–Crippen MR) is 157 cm³/mol. The van der Waals surface area contributed by atoms with Crippen molar-refractivity contribution in [2.45, 2.75) is 39.2 Å². The quantitative estimate of drug-likeness (QED) is 0.362. The fourth-order valence-corrected chi connectivity index (χ4v) is 5.70. The molecule has 39 heavy (non-hydrogen) atoms. The highest BCUT2D eigenvalue weighted by Crippen LogP contribution is 2.30. The first-order valence-electron chi connectivity index (χ1n) is 13.9. The van der Waals surface area contributed by atoms with E-state index >= 15 is 0 Å². The van der Waals surface area contributed by atoms with Gasteiger partial charge in [0.2, 0.25) is 0 Å². The van der Waals surface area contributed by atoms with Gasteiger partial charge in [-0.05, 0) is 81.6 Å². The normalized spacial score (nSPS) is 14.6. The summed E-state index contributed by atoms with van der Waals surface area (Å²) in [6.07, 6.45) is 5.76. The summed E-state index contributed by atoms with van der Waals surface area (Å²) in [5.41, 5.74) is 5.71. The van der Waals surface area contributed by atoms with Crippen LogP contribution < -0.4 is 10.9 Å². The molecule has 204 valence electrons. The highest BCUT2D eigenvalue weighted by Gasteiger charge is 2.23. The van der Waals surface area contributed by atoms with Crippen LogP contribution in [0.15, 0.2) is 65.7 Å². The van der Waals surface area contributed by atoms with E-state index < -0.39 is 0 Å². The second-order valence-corrected chi connectivity index (χ2v) is 10.3. The maximum atomic E-state index is 12.8. The van der Waals surface area contributed by atoms with Crippen molar-refractivity contribution in [3.63, 3.8) is 0 Å². The summed E-state index contributed by atoms with van der Waals surface area (Å²) >= 11 is 0. The van der Waals surface area contributed by atoms with Gasteiger partial charge in [0.15, 0.2) is 0 Å². The van der Waals surface area contributed by atoms with Gasteiger partial charge in [-0.15, -0.1) is 0 Å². The molecule has 0 aliphatic carbocycles. The lowest BCUT2D eigenvalue weighted by Crippen LogP contribution is -2.33. The van der Waals surface area contributed by atoms with Crippen molar-refractivity contribution >= 4 is 22.6 Å². The zero-order valence-electron chi connectivity index (χ0n) is 23.4. The number of nitrogens with one attached hydrogen (secondary N) is 1. The average molecular weight is 527 g/mol. The standard InChI is InChI=1S/C31H38N6O2/c1-5-36(6-2)31(39)24-9-7-22(8-10-24)23-12-16-35(17-13-23)21-26-20-27-28(11-15-33-30(27)34(26)4)37-18-14-25(32-3)19-29(37)38/h7-11,14-15,18-20,23,32H,5-6,12-13,16-17,21H2,1-4H3. The minimum atomic E-state index is -0.0766. The second-order valence-electron chi connectivity index (χ2n) is 10.3. The summed E-state index contributed by atoms with van der Waals surface area (Å²) in [6, 6.07) is 15.8. The third-order valence-corrected chi connectivity index (χ3v) is 8.13. The fourth-order valence-electron chi connectivity index (χ4n) is 5.70. The summed E-state index contributed by atoms with van der Waals surface area (Å²) < 4.78 is 3.82. The SMILES string of the molecule is CCN(CC)C(=O)c1ccc(C2CCN(Cc3cc4c(-n5ccc(NC)cc5=O)ccnc4n3C)CC2)cc1. The largest absolute Gasteiger partial charge is 0.388 e. The number of pyridine rings is 2. The number of rotatable bonds is 8. The predicted octanol–water partition coefficient (Wildman–Crippen LogP) is 4.63. The van der Waals surface area contributed by atoms with Gasteiger partial charge in [0.25, 0.3) is 11.5 Å². The molecule has 0 radical (unpaired) electrons. The molecule has 0 atom stereocenters. The van der Waals surface area contributed by atoms with Crippen molar-refractivity contribution in [2.24, 2.45) is 7.05 Å². The van der Waals surface area contributed by atoms with Crippen molar-refractivity contribution < 1.29 is 4.79 Å². The van der Waals surface area contributed by atoms with Crippen molar-refractivity contribution in [1.29, 1.82) is 0 Å². The van der Waals surface area contributed by atoms with Crippen LogP contribution in [-0.4, -0.2) is 63.1 Å². The van der Waals surface area contributed by atoms with E-state index in [1.807, 2.05) is 56.3 Å². The first-order valence-corrected chi connectivity index (χ1v) is 13.9. The zero-order valence-corrected chi connectivity index (χ0v) is 23.4. The molecule has 0 saturated carbocycles. The number of piperidine rings is 1. The topological polar surface area (TPSA) is 75.4 Å². The Morgan fingerprint density at radius 1 is 1.05 bits per heavy atom. The molecule has 1 aliphatic heterocycles. The molecule has 4 heterocycles. The number of anilines is 1. The van der Waals surface area contributed by atoms with Crippen LogP contribution in [0.25, 0.3) is 16.7 Å². The molecule has 8 heteroatoms. The van der Waals surface area contributed by atoms with E-state index in [0.717, 1.165) is 73.5 Å². The summed E-state index contributed by atoms with van der Waals surface area (Å²) in [6.45, 7) is 8.35. The van der Waals surface area contributed by atoms with Gasteiger partial charge in [-0.25, -0.2) is 4.98 Å². The number of aromatic nitrogens is 3. The molecule has 8 nitrogen and oxygen atoms in total. The Morgan fingerprint density at radius 2 is 1.77 bits per heavy atom. The Hall–Kier alpha value is -3.91. The van der Waals surface area contributed by atoms with E-state index in [2.05, 4.69) is 45.0 Å². The van der Waals surface area contributed by atoms with Crippen LogP contribution in [0.4, 0.5) is 5.69 Å². The van der Waals surface area contributed by atoms with E-state index in [-0.39, 0.29) is 11.5 Å². The van der Waals surface area contributed by atoms with Gasteiger partial charge >= 0.3 is 0 Å². The monoisotopic (exact) mass is 526 g/mol. The van der Waals surface area contributed by atoms with Gasteiger partial charge in [0, 0.05) is 74.5 Å². The van der Waals surface area contributed by atoms with Gasteiger partial charge in [-0.1, -0.05) is 12.1 Å². The number of carbonyl (C=O) groups is 1. The number of hydrogen-bond donors (Lipinski definition) is 1. The molecule has 1 fully saturated rings. The van der Waals surface area contributed by atoms with Gasteiger partial charge in [0.1, 0.15) is 5.65 Å². The van der Waals surface area contributed by atoms with Gasteiger partial charge in [0.05, 0.1) is 5.69 Å². The highest BCUT2D eigenvalue weighted by molar-refractivity contribution is 5.94. The fraction of sp³-hybridized carbons (Fsp3) is 0.387. The van der Waals surface area contributed by atoms with Gasteiger partial charge in [-0.2, -0.15) is 0 Å². The van der Waals surface area contributed by atoms with E-state index in [4.69, 9.17) is 0 Å². The number of amides is 1. The lowest BCUT2D eigenvalue weighted by Gasteiger charge is -2.32. The Labute approximate surface area is 229 Å².